The summed E-state index contributed by atoms with van der Waals surface area (Å²) in [6.45, 7) is 2.33. The van der Waals surface area contributed by atoms with Gasteiger partial charge in [0.15, 0.2) is 0 Å². The van der Waals surface area contributed by atoms with Crippen LogP contribution in [0.15, 0.2) is 48.5 Å². The van der Waals surface area contributed by atoms with Crippen molar-refractivity contribution in [2.45, 2.75) is 38.7 Å². The average molecular weight is 328 g/mol. The Morgan fingerprint density at radius 2 is 1.67 bits per heavy atom. The maximum absolute atomic E-state index is 12.2. The Balaban J connectivity index is 1.63. The summed E-state index contributed by atoms with van der Waals surface area (Å²) in [5, 5.41) is 0. The highest BCUT2D eigenvalue weighted by molar-refractivity contribution is 5.64. The van der Waals surface area contributed by atoms with Gasteiger partial charge in [-0.3, -0.25) is 0 Å². The van der Waals surface area contributed by atoms with Crippen molar-refractivity contribution in [3.63, 3.8) is 0 Å². The van der Waals surface area contributed by atoms with Gasteiger partial charge in [-0.1, -0.05) is 49.7 Å². The molecule has 1 aliphatic heterocycles. The highest BCUT2D eigenvalue weighted by Gasteiger charge is 2.22. The van der Waals surface area contributed by atoms with Gasteiger partial charge in [0.25, 0.3) is 0 Å². The zero-order valence-electron chi connectivity index (χ0n) is 14.2. The fourth-order valence-corrected chi connectivity index (χ4v) is 3.40. The molecule has 0 aliphatic carbocycles. The van der Waals surface area contributed by atoms with Crippen LogP contribution in [-0.4, -0.2) is 13.5 Å². The summed E-state index contributed by atoms with van der Waals surface area (Å²) in [6.07, 6.45) is 5.11. The topological polar surface area (TPSA) is 18.5 Å². The molecule has 3 rings (SSSR count). The highest BCUT2D eigenvalue weighted by atomic mass is 19.1. The van der Waals surface area contributed by atoms with E-state index in [2.05, 4.69) is 31.2 Å². The van der Waals surface area contributed by atoms with E-state index >= 15 is 0 Å². The Hall–Kier alpha value is -1.87. The monoisotopic (exact) mass is 328 g/mol. The van der Waals surface area contributed by atoms with Crippen LogP contribution in [0.3, 0.4) is 0 Å². The van der Waals surface area contributed by atoms with Crippen molar-refractivity contribution >= 4 is 0 Å². The number of rotatable bonds is 6. The molecule has 0 N–H and O–H groups in total. The predicted molar refractivity (Wildman–Crippen MR) is 94.8 cm³/mol. The third-order valence-corrected chi connectivity index (χ3v) is 4.76. The largest absolute Gasteiger partial charge is 0.463 e. The summed E-state index contributed by atoms with van der Waals surface area (Å²) in [6, 6.07) is 16.1. The minimum atomic E-state index is -0.797. The van der Waals surface area contributed by atoms with E-state index in [1.165, 1.54) is 24.8 Å². The molecule has 2 unspecified atom stereocenters. The second-order valence-electron chi connectivity index (χ2n) is 6.45. The van der Waals surface area contributed by atoms with Crippen LogP contribution in [0, 0.1) is 5.92 Å². The summed E-state index contributed by atoms with van der Waals surface area (Å²) in [5.74, 6) is 1.28. The standard InChI is InChI=1S/C21H25FO2/c1-2-3-16-4-13-21(23-14-16)19-7-5-17(6-8-19)18-9-11-20(12-10-18)24-15-22/h5-12,16,21H,2-4,13-15H2,1H3. The Labute approximate surface area is 143 Å². The molecule has 1 aliphatic rings. The molecule has 0 aromatic heterocycles. The first-order chi connectivity index (χ1) is 11.8. The summed E-state index contributed by atoms with van der Waals surface area (Å²) >= 11 is 0. The van der Waals surface area contributed by atoms with Crippen LogP contribution in [-0.2, 0) is 4.74 Å². The molecule has 0 radical (unpaired) electrons. The number of hydrogen-bond acceptors (Lipinski definition) is 2. The van der Waals surface area contributed by atoms with E-state index in [4.69, 9.17) is 9.47 Å². The molecule has 24 heavy (non-hydrogen) atoms. The Kier molecular flexibility index (Phi) is 5.86. The summed E-state index contributed by atoms with van der Waals surface area (Å²) in [4.78, 5) is 0. The molecule has 2 aromatic rings. The van der Waals surface area contributed by atoms with Crippen LogP contribution in [0.2, 0.25) is 0 Å². The van der Waals surface area contributed by atoms with Gasteiger partial charge in [0.05, 0.1) is 12.7 Å². The first-order valence-corrected chi connectivity index (χ1v) is 8.81. The number of benzene rings is 2. The average Bonchev–Trinajstić information content (AvgIpc) is 2.64. The molecule has 2 nitrogen and oxygen atoms in total. The van der Waals surface area contributed by atoms with Crippen molar-refractivity contribution in [1.82, 2.24) is 0 Å². The minimum Gasteiger partial charge on any atom is -0.463 e. The van der Waals surface area contributed by atoms with Gasteiger partial charge in [0.2, 0.25) is 6.86 Å². The summed E-state index contributed by atoms with van der Waals surface area (Å²) < 4.78 is 23.1. The maximum atomic E-state index is 12.2. The van der Waals surface area contributed by atoms with Crippen LogP contribution in [0.4, 0.5) is 4.39 Å². The Morgan fingerprint density at radius 3 is 2.21 bits per heavy atom. The number of ether oxygens (including phenoxy) is 2. The van der Waals surface area contributed by atoms with E-state index in [0.717, 1.165) is 30.1 Å². The molecular weight excluding hydrogens is 303 g/mol. The summed E-state index contributed by atoms with van der Waals surface area (Å²) in [7, 11) is 0. The number of alkyl halides is 1. The molecule has 3 heteroatoms. The van der Waals surface area contributed by atoms with Gasteiger partial charge < -0.3 is 9.47 Å². The molecule has 1 fully saturated rings. The summed E-state index contributed by atoms with van der Waals surface area (Å²) in [5.41, 5.74) is 3.50. The molecule has 0 spiro atoms. The smallest absolute Gasteiger partial charge is 0.228 e. The highest BCUT2D eigenvalue weighted by Crippen LogP contribution is 2.33. The predicted octanol–water partition coefficient (Wildman–Crippen LogP) is 5.93. The molecule has 0 amide bonds. The van der Waals surface area contributed by atoms with Gasteiger partial charge in [-0.15, -0.1) is 0 Å². The Bertz CT molecular complexity index is 613. The van der Waals surface area contributed by atoms with Gasteiger partial charge >= 0.3 is 0 Å². The zero-order valence-corrected chi connectivity index (χ0v) is 14.2. The van der Waals surface area contributed by atoms with E-state index in [1.807, 2.05) is 12.1 Å². The molecule has 2 atom stereocenters. The van der Waals surface area contributed by atoms with Crippen molar-refractivity contribution in [1.29, 1.82) is 0 Å². The van der Waals surface area contributed by atoms with E-state index in [0.29, 0.717) is 5.75 Å². The van der Waals surface area contributed by atoms with E-state index in [1.54, 1.807) is 12.1 Å². The third-order valence-electron chi connectivity index (χ3n) is 4.76. The van der Waals surface area contributed by atoms with E-state index in [9.17, 15) is 4.39 Å². The van der Waals surface area contributed by atoms with Gasteiger partial charge in [0.1, 0.15) is 5.75 Å². The van der Waals surface area contributed by atoms with E-state index < -0.39 is 6.86 Å². The van der Waals surface area contributed by atoms with Crippen LogP contribution in [0.1, 0.15) is 44.3 Å². The van der Waals surface area contributed by atoms with Crippen LogP contribution >= 0.6 is 0 Å². The van der Waals surface area contributed by atoms with Gasteiger partial charge in [-0.05, 0) is 54.0 Å². The first-order valence-electron chi connectivity index (χ1n) is 8.81. The number of hydrogen-bond donors (Lipinski definition) is 0. The molecule has 2 aromatic carbocycles. The van der Waals surface area contributed by atoms with E-state index in [-0.39, 0.29) is 6.10 Å². The van der Waals surface area contributed by atoms with Crippen molar-refractivity contribution in [2.75, 3.05) is 13.5 Å². The lowest BCUT2D eigenvalue weighted by molar-refractivity contribution is -0.0194. The van der Waals surface area contributed by atoms with Crippen molar-refractivity contribution in [2.24, 2.45) is 5.92 Å². The molecule has 128 valence electrons. The minimum absolute atomic E-state index is 0.229. The number of halogens is 1. The van der Waals surface area contributed by atoms with Gasteiger partial charge in [-0.25, -0.2) is 4.39 Å². The van der Waals surface area contributed by atoms with Gasteiger partial charge in [-0.2, -0.15) is 0 Å². The normalized spacial score (nSPS) is 20.8. The van der Waals surface area contributed by atoms with Crippen LogP contribution in [0.25, 0.3) is 11.1 Å². The van der Waals surface area contributed by atoms with Crippen LogP contribution < -0.4 is 4.74 Å². The second kappa shape index (κ2) is 8.29. The lowest BCUT2D eigenvalue weighted by Crippen LogP contribution is -2.20. The van der Waals surface area contributed by atoms with Gasteiger partial charge in [0, 0.05) is 0 Å². The zero-order chi connectivity index (χ0) is 16.8. The molecule has 1 saturated heterocycles. The van der Waals surface area contributed by atoms with Crippen molar-refractivity contribution in [3.05, 3.63) is 54.1 Å². The lowest BCUT2D eigenvalue weighted by atomic mass is 9.91. The molecule has 1 heterocycles. The fourth-order valence-electron chi connectivity index (χ4n) is 3.40. The molecule has 0 saturated carbocycles. The SMILES string of the molecule is CCCC1CCC(c2ccc(-c3ccc(OCF)cc3)cc2)OC1. The van der Waals surface area contributed by atoms with Crippen molar-refractivity contribution < 1.29 is 13.9 Å². The quantitative estimate of drug-likeness (QED) is 0.654. The first kappa shape index (κ1) is 17.0. The fraction of sp³-hybridized carbons (Fsp3) is 0.429. The molecule has 0 bridgehead atoms. The second-order valence-corrected chi connectivity index (χ2v) is 6.45. The Morgan fingerprint density at radius 1 is 1.00 bits per heavy atom. The molecular formula is C21H25FO2. The van der Waals surface area contributed by atoms with Crippen molar-refractivity contribution in [3.8, 4) is 16.9 Å². The third kappa shape index (κ3) is 4.15. The lowest BCUT2D eigenvalue weighted by Gasteiger charge is -2.29. The van der Waals surface area contributed by atoms with Crippen LogP contribution in [0.5, 0.6) is 5.75 Å². The maximum Gasteiger partial charge on any atom is 0.228 e.